The van der Waals surface area contributed by atoms with Crippen LogP contribution in [0.4, 0.5) is 4.79 Å². The van der Waals surface area contributed by atoms with E-state index in [0.29, 0.717) is 12.0 Å². The number of hydrogen-bond donors (Lipinski definition) is 7. The van der Waals surface area contributed by atoms with Gasteiger partial charge in [0.05, 0.1) is 12.1 Å². The van der Waals surface area contributed by atoms with E-state index in [4.69, 9.17) is 18.9 Å². The first-order chi connectivity index (χ1) is 36.4. The SMILES string of the molecule is C=CCOC(=O)CNC(=O)C(=O)C(CCC)NC(=O)C1CC(NC(=O)OCc2ccccc2)CN1C(=O)C(NC(=O)C(NC(=O)C(CCC(=O)OC(C)(C)C)NC(=O)C(CCC(=O)OC(C)(C)C)NC(C)=O)C(C)C)C(C)C. The quantitative estimate of drug-likeness (QED) is 0.0261. The molecule has 1 saturated heterocycles. The highest BCUT2D eigenvalue weighted by atomic mass is 16.6. The highest BCUT2D eigenvalue weighted by Crippen LogP contribution is 2.23. The van der Waals surface area contributed by atoms with E-state index < -0.39 is 143 Å². The zero-order valence-electron chi connectivity index (χ0n) is 47.1. The molecule has 0 radical (unpaired) electrons. The van der Waals surface area contributed by atoms with Crippen LogP contribution in [0.15, 0.2) is 43.0 Å². The first-order valence-corrected chi connectivity index (χ1v) is 26.1. The van der Waals surface area contributed by atoms with Crippen molar-refractivity contribution < 1.29 is 76.5 Å². The van der Waals surface area contributed by atoms with Gasteiger partial charge in [0, 0.05) is 26.3 Å². The molecule has 0 saturated carbocycles. The van der Waals surface area contributed by atoms with Crippen LogP contribution in [0.2, 0.25) is 0 Å². The zero-order chi connectivity index (χ0) is 59.1. The molecule has 78 heavy (non-hydrogen) atoms. The van der Waals surface area contributed by atoms with Gasteiger partial charge in [-0.2, -0.15) is 0 Å². The van der Waals surface area contributed by atoms with E-state index in [0.717, 1.165) is 11.8 Å². The van der Waals surface area contributed by atoms with E-state index in [-0.39, 0.29) is 58.3 Å². The fourth-order valence-corrected chi connectivity index (χ4v) is 7.88. The second-order valence-electron chi connectivity index (χ2n) is 21.5. The lowest BCUT2D eigenvalue weighted by Crippen LogP contribution is -2.61. The second kappa shape index (κ2) is 31.7. The molecule has 0 aromatic heterocycles. The molecule has 7 N–H and O–H groups in total. The number of amides is 8. The molecule has 0 aliphatic carbocycles. The summed E-state index contributed by atoms with van der Waals surface area (Å²) in [4.78, 5) is 162. The Balaban J connectivity index is 2.49. The lowest BCUT2D eigenvalue weighted by Gasteiger charge is -2.33. The molecule has 7 unspecified atom stereocenters. The maximum absolute atomic E-state index is 14.8. The van der Waals surface area contributed by atoms with Gasteiger partial charge in [-0.25, -0.2) is 4.79 Å². The normalized spacial score (nSPS) is 16.2. The molecule has 7 atom stereocenters. The van der Waals surface area contributed by atoms with Crippen molar-refractivity contribution >= 4 is 71.1 Å². The standard InChI is InChI=1S/C54H82N8O16/c1-14-19-36(45(67)50(72)55-28-42(66)75-26-15-2)58-48(70)39-27-35(57-52(74)76-30-34-20-17-16-18-21-34)29-62(39)51(73)44(32(5)6)61-49(71)43(31(3)4)60-47(69)38(23-25-41(65)78-54(11,12)13)59-46(68)37(56-33(7)63)22-24-40(64)77-53(8,9)10/h15-18,20-21,31-32,35-39,43-44H,2,14,19,22-30H2,1,3-13H3,(H,55,72)(H,56,63)(H,57,74)(H,58,70)(H,59,68)(H,60,69)(H,61,71). The van der Waals surface area contributed by atoms with Crippen LogP contribution < -0.4 is 37.2 Å². The predicted molar refractivity (Wildman–Crippen MR) is 283 cm³/mol. The van der Waals surface area contributed by atoms with Gasteiger partial charge in [-0.05, 0) is 84.6 Å². The number of Topliss-reactive ketones (excluding diaryl/α,β-unsaturated/α-hetero) is 1. The van der Waals surface area contributed by atoms with Crippen molar-refractivity contribution in [2.75, 3.05) is 19.7 Å². The summed E-state index contributed by atoms with van der Waals surface area (Å²) < 4.78 is 21.0. The first kappa shape index (κ1) is 66.7. The number of nitrogens with one attached hydrogen (secondary N) is 7. The fourth-order valence-electron chi connectivity index (χ4n) is 7.88. The molecule has 8 amide bonds. The number of carbonyl (C=O) groups excluding carboxylic acids is 12. The van der Waals surface area contributed by atoms with Gasteiger partial charge in [0.15, 0.2) is 0 Å². The topological polar surface area (TPSA) is 329 Å². The van der Waals surface area contributed by atoms with Crippen LogP contribution in [0.3, 0.4) is 0 Å². The highest BCUT2D eigenvalue weighted by molar-refractivity contribution is 6.38. The number of carbonyl (C=O) groups is 12. The van der Waals surface area contributed by atoms with E-state index in [1.807, 2.05) is 0 Å². The summed E-state index contributed by atoms with van der Waals surface area (Å²) in [6.07, 6.45) is -0.667. The molecule has 0 bridgehead atoms. The Labute approximate surface area is 456 Å². The monoisotopic (exact) mass is 1100 g/mol. The Kier molecular flexibility index (Phi) is 27.1. The minimum atomic E-state index is -1.51. The van der Waals surface area contributed by atoms with Gasteiger partial charge in [0.1, 0.15) is 61.2 Å². The lowest BCUT2D eigenvalue weighted by molar-refractivity contribution is -0.156. The van der Waals surface area contributed by atoms with Crippen molar-refractivity contribution in [2.45, 2.75) is 188 Å². The van der Waals surface area contributed by atoms with Crippen LogP contribution in [-0.2, 0) is 78.3 Å². The number of ether oxygens (including phenoxy) is 4. The third-order valence-electron chi connectivity index (χ3n) is 11.5. The van der Waals surface area contributed by atoms with Crippen molar-refractivity contribution in [3.63, 3.8) is 0 Å². The Hall–Kier alpha value is -7.40. The van der Waals surface area contributed by atoms with E-state index in [1.54, 1.807) is 106 Å². The number of benzene rings is 1. The summed E-state index contributed by atoms with van der Waals surface area (Å²) in [6, 6.07) is -0.527. The number of ketones is 1. The van der Waals surface area contributed by atoms with Gasteiger partial charge in [-0.15, -0.1) is 0 Å². The summed E-state index contributed by atoms with van der Waals surface area (Å²) in [5.41, 5.74) is -1.04. The summed E-state index contributed by atoms with van der Waals surface area (Å²) in [5, 5.41) is 17.8. The van der Waals surface area contributed by atoms with Crippen molar-refractivity contribution in [1.29, 1.82) is 0 Å². The Morgan fingerprint density at radius 1 is 0.679 bits per heavy atom. The van der Waals surface area contributed by atoms with E-state index >= 15 is 0 Å². The smallest absolute Gasteiger partial charge is 0.407 e. The molecular formula is C54H82N8O16. The van der Waals surface area contributed by atoms with Crippen LogP contribution in [0.25, 0.3) is 0 Å². The van der Waals surface area contributed by atoms with Crippen LogP contribution >= 0.6 is 0 Å². The largest absolute Gasteiger partial charge is 0.460 e. The van der Waals surface area contributed by atoms with Crippen molar-refractivity contribution in [3.8, 4) is 0 Å². The maximum Gasteiger partial charge on any atom is 0.407 e. The minimum absolute atomic E-state index is 0.0183. The Bertz CT molecular complexity index is 2290. The Morgan fingerprint density at radius 2 is 1.22 bits per heavy atom. The van der Waals surface area contributed by atoms with Crippen molar-refractivity contribution in [2.24, 2.45) is 11.8 Å². The predicted octanol–water partition coefficient (Wildman–Crippen LogP) is 2.10. The lowest BCUT2D eigenvalue weighted by atomic mass is 9.98. The highest BCUT2D eigenvalue weighted by Gasteiger charge is 2.45. The molecule has 1 aromatic carbocycles. The molecule has 1 aliphatic heterocycles. The third-order valence-corrected chi connectivity index (χ3v) is 11.5. The summed E-state index contributed by atoms with van der Waals surface area (Å²) in [7, 11) is 0. The molecule has 1 aliphatic rings. The average molecular weight is 1100 g/mol. The van der Waals surface area contributed by atoms with Crippen LogP contribution in [0.5, 0.6) is 0 Å². The molecule has 0 spiro atoms. The molecular weight excluding hydrogens is 1020 g/mol. The summed E-state index contributed by atoms with van der Waals surface area (Å²) in [6.45, 7) is 21.5. The van der Waals surface area contributed by atoms with Crippen molar-refractivity contribution in [3.05, 3.63) is 48.6 Å². The number of esters is 3. The molecule has 1 aromatic rings. The van der Waals surface area contributed by atoms with E-state index in [9.17, 15) is 57.5 Å². The molecule has 1 heterocycles. The van der Waals surface area contributed by atoms with Gasteiger partial charge in [0.2, 0.25) is 41.2 Å². The molecule has 1 fully saturated rings. The van der Waals surface area contributed by atoms with E-state index in [1.165, 1.54) is 6.08 Å². The molecule has 24 heteroatoms. The second-order valence-corrected chi connectivity index (χ2v) is 21.5. The number of rotatable bonds is 29. The fraction of sp³-hybridized carbons (Fsp3) is 0.630. The first-order valence-electron chi connectivity index (χ1n) is 26.1. The van der Waals surface area contributed by atoms with Gasteiger partial charge < -0.3 is 61.1 Å². The maximum atomic E-state index is 14.8. The number of hydrogen-bond acceptors (Lipinski definition) is 16. The van der Waals surface area contributed by atoms with E-state index in [2.05, 4.69) is 43.8 Å². The van der Waals surface area contributed by atoms with Gasteiger partial charge in [-0.3, -0.25) is 52.7 Å². The van der Waals surface area contributed by atoms with Crippen molar-refractivity contribution in [1.82, 2.24) is 42.1 Å². The average Bonchev–Trinajstić information content (AvgIpc) is 3.77. The van der Waals surface area contributed by atoms with Gasteiger partial charge in [0.25, 0.3) is 5.91 Å². The van der Waals surface area contributed by atoms with Gasteiger partial charge >= 0.3 is 24.0 Å². The van der Waals surface area contributed by atoms with Crippen LogP contribution in [-0.4, -0.2) is 149 Å². The number of alkyl carbamates (subject to hydrolysis) is 1. The van der Waals surface area contributed by atoms with Gasteiger partial charge in [-0.1, -0.05) is 84.0 Å². The third kappa shape index (κ3) is 24.3. The molecule has 2 rings (SSSR count). The summed E-state index contributed by atoms with van der Waals surface area (Å²) >= 11 is 0. The minimum Gasteiger partial charge on any atom is -0.460 e. The molecule has 24 nitrogen and oxygen atoms in total. The zero-order valence-corrected chi connectivity index (χ0v) is 47.1. The molecule has 434 valence electrons. The summed E-state index contributed by atoms with van der Waals surface area (Å²) in [5.74, 6) is -10.8. The van der Waals surface area contributed by atoms with Crippen LogP contribution in [0, 0.1) is 11.8 Å². The number of likely N-dealkylation sites (tertiary alicyclic amines) is 1. The van der Waals surface area contributed by atoms with Crippen LogP contribution in [0.1, 0.15) is 134 Å². The Morgan fingerprint density at radius 3 is 1.73 bits per heavy atom. The number of nitrogens with zero attached hydrogens (tertiary/aromatic N) is 1.